The number of hydrogen-bond donors (Lipinski definition) is 2. The van der Waals surface area contributed by atoms with E-state index in [1.54, 1.807) is 19.2 Å². The fourth-order valence-corrected chi connectivity index (χ4v) is 2.25. The fourth-order valence-electron chi connectivity index (χ4n) is 2.25. The third-order valence-electron chi connectivity index (χ3n) is 3.35. The van der Waals surface area contributed by atoms with E-state index in [2.05, 4.69) is 5.32 Å². The maximum atomic E-state index is 13.6. The quantitative estimate of drug-likeness (QED) is 0.821. The Balaban J connectivity index is 2.33. The van der Waals surface area contributed by atoms with Crippen molar-refractivity contribution < 1.29 is 14.2 Å². The van der Waals surface area contributed by atoms with Crippen LogP contribution in [0.2, 0.25) is 0 Å². The Labute approximate surface area is 101 Å². The summed E-state index contributed by atoms with van der Waals surface area (Å²) in [5, 5.41) is 13.6. The molecule has 0 amide bonds. The van der Waals surface area contributed by atoms with E-state index in [4.69, 9.17) is 4.74 Å². The molecule has 1 aliphatic rings. The van der Waals surface area contributed by atoms with E-state index in [9.17, 15) is 9.50 Å². The Bertz CT molecular complexity index is 406. The molecule has 1 aromatic carbocycles. The van der Waals surface area contributed by atoms with Crippen molar-refractivity contribution in [1.29, 1.82) is 0 Å². The highest BCUT2D eigenvalue weighted by atomic mass is 19.1. The van der Waals surface area contributed by atoms with Crippen LogP contribution >= 0.6 is 0 Å². The minimum Gasteiger partial charge on any atom is -0.494 e. The minimum atomic E-state index is -0.970. The van der Waals surface area contributed by atoms with Gasteiger partial charge in [0.15, 0.2) is 11.6 Å². The second-order valence-corrected chi connectivity index (χ2v) is 4.58. The third kappa shape index (κ3) is 2.28. The van der Waals surface area contributed by atoms with Gasteiger partial charge in [-0.1, -0.05) is 6.07 Å². The molecule has 3 nitrogen and oxygen atoms in total. The van der Waals surface area contributed by atoms with E-state index in [0.717, 1.165) is 12.8 Å². The Morgan fingerprint density at radius 1 is 1.53 bits per heavy atom. The van der Waals surface area contributed by atoms with Gasteiger partial charge in [0.1, 0.15) is 5.60 Å². The smallest absolute Gasteiger partial charge is 0.165 e. The Morgan fingerprint density at radius 3 is 2.71 bits per heavy atom. The molecule has 1 aliphatic carbocycles. The summed E-state index contributed by atoms with van der Waals surface area (Å²) in [6.45, 7) is 0.434. The molecule has 1 atom stereocenters. The largest absolute Gasteiger partial charge is 0.494 e. The lowest BCUT2D eigenvalue weighted by molar-refractivity contribution is 0.0150. The standard InChI is InChI=1S/C13H18FNO2/c1-15-8-13(16,9-3-4-9)10-5-6-12(17-2)11(14)7-10/h5-7,9,15-16H,3-4,8H2,1-2H3. The summed E-state index contributed by atoms with van der Waals surface area (Å²) >= 11 is 0. The second-order valence-electron chi connectivity index (χ2n) is 4.58. The van der Waals surface area contributed by atoms with Gasteiger partial charge >= 0.3 is 0 Å². The number of ether oxygens (including phenoxy) is 1. The lowest BCUT2D eigenvalue weighted by Gasteiger charge is -2.28. The zero-order valence-electron chi connectivity index (χ0n) is 10.2. The molecule has 0 spiro atoms. The van der Waals surface area contributed by atoms with E-state index in [0.29, 0.717) is 12.1 Å². The predicted molar refractivity (Wildman–Crippen MR) is 63.5 cm³/mol. The average Bonchev–Trinajstić information content (AvgIpc) is 3.13. The van der Waals surface area contributed by atoms with Crippen LogP contribution in [0.15, 0.2) is 18.2 Å². The van der Waals surface area contributed by atoms with Crippen LogP contribution in [-0.4, -0.2) is 25.8 Å². The average molecular weight is 239 g/mol. The highest BCUT2D eigenvalue weighted by Gasteiger charge is 2.44. The van der Waals surface area contributed by atoms with Crippen molar-refractivity contribution in [2.75, 3.05) is 20.7 Å². The van der Waals surface area contributed by atoms with Gasteiger partial charge in [0.2, 0.25) is 0 Å². The van der Waals surface area contributed by atoms with Crippen LogP contribution in [0.4, 0.5) is 4.39 Å². The molecule has 1 unspecified atom stereocenters. The molecule has 4 heteroatoms. The van der Waals surface area contributed by atoms with Gasteiger partial charge in [-0.05, 0) is 43.5 Å². The Hall–Kier alpha value is -1.13. The van der Waals surface area contributed by atoms with Crippen LogP contribution in [0.1, 0.15) is 18.4 Å². The molecule has 0 bridgehead atoms. The molecule has 0 aliphatic heterocycles. The molecule has 0 aromatic heterocycles. The maximum Gasteiger partial charge on any atom is 0.165 e. The summed E-state index contributed by atoms with van der Waals surface area (Å²) in [5.41, 5.74) is -0.352. The van der Waals surface area contributed by atoms with Crippen molar-refractivity contribution in [3.63, 3.8) is 0 Å². The molecule has 0 saturated heterocycles. The van der Waals surface area contributed by atoms with Gasteiger partial charge in [-0.25, -0.2) is 4.39 Å². The number of rotatable bonds is 5. The number of likely N-dealkylation sites (N-methyl/N-ethyl adjacent to an activating group) is 1. The van der Waals surface area contributed by atoms with Crippen molar-refractivity contribution in [3.8, 4) is 5.75 Å². The van der Waals surface area contributed by atoms with Crippen LogP contribution in [0, 0.1) is 11.7 Å². The molecular weight excluding hydrogens is 221 g/mol. The van der Waals surface area contributed by atoms with Gasteiger partial charge < -0.3 is 15.2 Å². The second kappa shape index (κ2) is 4.63. The van der Waals surface area contributed by atoms with Crippen molar-refractivity contribution >= 4 is 0 Å². The summed E-state index contributed by atoms with van der Waals surface area (Å²) in [7, 11) is 3.21. The van der Waals surface area contributed by atoms with Crippen molar-refractivity contribution in [1.82, 2.24) is 5.32 Å². The summed E-state index contributed by atoms with van der Waals surface area (Å²) in [4.78, 5) is 0. The number of hydrogen-bond acceptors (Lipinski definition) is 3. The first-order valence-corrected chi connectivity index (χ1v) is 5.83. The normalized spacial score (nSPS) is 18.8. The van der Waals surface area contributed by atoms with Crippen LogP contribution in [0.3, 0.4) is 0 Å². The van der Waals surface area contributed by atoms with Crippen LogP contribution in [0.5, 0.6) is 5.75 Å². The summed E-state index contributed by atoms with van der Waals surface area (Å²) in [6, 6.07) is 4.67. The lowest BCUT2D eigenvalue weighted by Crippen LogP contribution is -2.38. The number of aliphatic hydroxyl groups is 1. The zero-order valence-corrected chi connectivity index (χ0v) is 10.2. The van der Waals surface area contributed by atoms with Crippen LogP contribution < -0.4 is 10.1 Å². The third-order valence-corrected chi connectivity index (χ3v) is 3.35. The van der Waals surface area contributed by atoms with Crippen molar-refractivity contribution in [2.45, 2.75) is 18.4 Å². The van der Waals surface area contributed by atoms with Gasteiger partial charge in [0, 0.05) is 6.54 Å². The number of halogens is 1. The molecule has 0 heterocycles. The SMILES string of the molecule is CNCC(O)(c1ccc(OC)c(F)c1)C1CC1. The first kappa shape index (κ1) is 12.3. The number of nitrogens with one attached hydrogen (secondary N) is 1. The van der Waals surface area contributed by atoms with Gasteiger partial charge in [0.05, 0.1) is 7.11 Å². The van der Waals surface area contributed by atoms with E-state index in [1.165, 1.54) is 13.2 Å². The summed E-state index contributed by atoms with van der Waals surface area (Å²) in [6.07, 6.45) is 1.98. The first-order valence-electron chi connectivity index (χ1n) is 5.83. The summed E-state index contributed by atoms with van der Waals surface area (Å²) in [5.74, 6) is -0.000669. The van der Waals surface area contributed by atoms with Gasteiger partial charge in [-0.15, -0.1) is 0 Å². The zero-order chi connectivity index (χ0) is 12.5. The summed E-state index contributed by atoms with van der Waals surface area (Å²) < 4.78 is 18.5. The topological polar surface area (TPSA) is 41.5 Å². The van der Waals surface area contributed by atoms with Crippen LogP contribution in [-0.2, 0) is 5.60 Å². The van der Waals surface area contributed by atoms with Gasteiger partial charge in [-0.3, -0.25) is 0 Å². The van der Waals surface area contributed by atoms with E-state index in [1.807, 2.05) is 0 Å². The number of benzene rings is 1. The maximum absolute atomic E-state index is 13.6. The van der Waals surface area contributed by atoms with E-state index >= 15 is 0 Å². The van der Waals surface area contributed by atoms with Crippen molar-refractivity contribution in [3.05, 3.63) is 29.6 Å². The highest BCUT2D eigenvalue weighted by Crippen LogP contribution is 2.45. The number of methoxy groups -OCH3 is 1. The minimum absolute atomic E-state index is 0.205. The monoisotopic (exact) mass is 239 g/mol. The molecule has 1 aromatic rings. The molecule has 1 fully saturated rings. The molecule has 2 N–H and O–H groups in total. The van der Waals surface area contributed by atoms with Crippen molar-refractivity contribution in [2.24, 2.45) is 5.92 Å². The highest BCUT2D eigenvalue weighted by molar-refractivity contribution is 5.34. The molecule has 94 valence electrons. The van der Waals surface area contributed by atoms with Crippen LogP contribution in [0.25, 0.3) is 0 Å². The first-order chi connectivity index (χ1) is 8.11. The lowest BCUT2D eigenvalue weighted by atomic mass is 9.88. The Kier molecular flexibility index (Phi) is 3.35. The fraction of sp³-hybridized carbons (Fsp3) is 0.538. The van der Waals surface area contributed by atoms with Gasteiger partial charge in [-0.2, -0.15) is 0 Å². The molecule has 17 heavy (non-hydrogen) atoms. The Morgan fingerprint density at radius 2 is 2.24 bits per heavy atom. The predicted octanol–water partition coefficient (Wildman–Crippen LogP) is 1.65. The van der Waals surface area contributed by atoms with E-state index < -0.39 is 11.4 Å². The molecule has 1 saturated carbocycles. The van der Waals surface area contributed by atoms with E-state index in [-0.39, 0.29) is 11.7 Å². The molecule has 2 rings (SSSR count). The molecule has 0 radical (unpaired) electrons. The van der Waals surface area contributed by atoms with Gasteiger partial charge in [0.25, 0.3) is 0 Å². The molecular formula is C13H18FNO2.